The van der Waals surface area contributed by atoms with Gasteiger partial charge in [-0.15, -0.1) is 13.2 Å². The van der Waals surface area contributed by atoms with Crippen molar-refractivity contribution < 1.29 is 27.2 Å². The number of benzene rings is 2. The second-order valence-electron chi connectivity index (χ2n) is 6.90. The van der Waals surface area contributed by atoms with E-state index in [-0.39, 0.29) is 23.6 Å². The summed E-state index contributed by atoms with van der Waals surface area (Å²) in [5, 5.41) is 3.92. The van der Waals surface area contributed by atoms with E-state index in [2.05, 4.69) is 19.9 Å². The van der Waals surface area contributed by atoms with Crippen LogP contribution in [0.25, 0.3) is 23.0 Å². The lowest BCUT2D eigenvalue weighted by Gasteiger charge is -2.25. The number of alkyl halides is 3. The van der Waals surface area contributed by atoms with E-state index in [9.17, 15) is 13.2 Å². The van der Waals surface area contributed by atoms with Crippen LogP contribution in [-0.2, 0) is 17.9 Å². The molecule has 1 aliphatic heterocycles. The highest BCUT2D eigenvalue weighted by atomic mass is 19.4. The molecule has 31 heavy (non-hydrogen) atoms. The lowest BCUT2D eigenvalue weighted by molar-refractivity contribution is -0.274. The van der Waals surface area contributed by atoms with Crippen LogP contribution in [0.2, 0.25) is 0 Å². The van der Waals surface area contributed by atoms with Gasteiger partial charge >= 0.3 is 6.36 Å². The van der Waals surface area contributed by atoms with Gasteiger partial charge in [-0.1, -0.05) is 35.5 Å². The number of aromatic nitrogens is 4. The summed E-state index contributed by atoms with van der Waals surface area (Å²) in [6.07, 6.45) is -3.12. The van der Waals surface area contributed by atoms with E-state index in [0.29, 0.717) is 24.4 Å². The van der Waals surface area contributed by atoms with Gasteiger partial charge in [-0.25, -0.2) is 4.98 Å². The van der Waals surface area contributed by atoms with Crippen LogP contribution in [0, 0.1) is 0 Å². The van der Waals surface area contributed by atoms with Crippen LogP contribution in [0.1, 0.15) is 17.4 Å². The first-order valence-corrected chi connectivity index (χ1v) is 9.37. The second-order valence-corrected chi connectivity index (χ2v) is 6.90. The molecule has 10 heteroatoms. The topological polar surface area (TPSA) is 75.2 Å². The number of fused-ring (bicyclic) bond motifs is 1. The molecule has 0 amide bonds. The van der Waals surface area contributed by atoms with Gasteiger partial charge in [-0.2, -0.15) is 4.98 Å². The second kappa shape index (κ2) is 7.55. The van der Waals surface area contributed by atoms with Gasteiger partial charge in [0.05, 0.1) is 25.2 Å². The third-order valence-corrected chi connectivity index (χ3v) is 4.88. The molecule has 0 fully saturated rings. The Labute approximate surface area is 174 Å². The number of rotatable bonds is 4. The van der Waals surface area contributed by atoms with Crippen LogP contribution < -0.4 is 4.74 Å². The van der Waals surface area contributed by atoms with Crippen LogP contribution >= 0.6 is 0 Å². The SMILES string of the molecule is FC(F)(F)Oc1ccc(-c2noc(-c3ncn4c3CO[C@@H](c3ccccc3)C4)n2)cc1. The Hall–Kier alpha value is -3.66. The molecule has 0 bridgehead atoms. The molecule has 3 heterocycles. The summed E-state index contributed by atoms with van der Waals surface area (Å²) >= 11 is 0. The standard InChI is InChI=1S/C21H15F3N4O3/c22-21(23,24)30-15-8-6-14(7-9-15)19-26-20(31-27-19)18-16-11-29-17(10-28(16)12-25-18)13-4-2-1-3-5-13/h1-9,12,17H,10-11H2/t17-/m1/s1. The van der Waals surface area contributed by atoms with Gasteiger partial charge in [0.1, 0.15) is 11.9 Å². The Balaban J connectivity index is 1.35. The zero-order chi connectivity index (χ0) is 21.4. The van der Waals surface area contributed by atoms with Crippen molar-refractivity contribution in [1.29, 1.82) is 0 Å². The molecule has 4 aromatic rings. The molecule has 0 aliphatic carbocycles. The predicted molar refractivity (Wildman–Crippen MR) is 102 cm³/mol. The molecule has 1 aliphatic rings. The van der Waals surface area contributed by atoms with Gasteiger partial charge in [0.15, 0.2) is 5.69 Å². The molecular weight excluding hydrogens is 413 g/mol. The summed E-state index contributed by atoms with van der Waals surface area (Å²) in [6.45, 7) is 0.935. The van der Waals surface area contributed by atoms with Gasteiger partial charge in [-0.05, 0) is 29.8 Å². The molecule has 158 valence electrons. The molecule has 0 saturated carbocycles. The summed E-state index contributed by atoms with van der Waals surface area (Å²) in [4.78, 5) is 8.74. The first-order chi connectivity index (χ1) is 15.0. The smallest absolute Gasteiger partial charge is 0.406 e. The number of nitrogens with zero attached hydrogens (tertiary/aromatic N) is 4. The first kappa shape index (κ1) is 19.3. The minimum Gasteiger partial charge on any atom is -0.406 e. The van der Waals surface area contributed by atoms with Gasteiger partial charge < -0.3 is 18.6 Å². The van der Waals surface area contributed by atoms with Crippen molar-refractivity contribution in [2.24, 2.45) is 0 Å². The van der Waals surface area contributed by atoms with E-state index in [1.807, 2.05) is 34.9 Å². The normalized spacial score (nSPS) is 16.2. The number of imidazole rings is 1. The molecular formula is C21H15F3N4O3. The maximum absolute atomic E-state index is 12.3. The van der Waals surface area contributed by atoms with Crippen molar-refractivity contribution in [3.8, 4) is 28.7 Å². The summed E-state index contributed by atoms with van der Waals surface area (Å²) in [6, 6.07) is 15.1. The summed E-state index contributed by atoms with van der Waals surface area (Å²) in [5.41, 5.74) is 2.90. The molecule has 0 spiro atoms. The lowest BCUT2D eigenvalue weighted by atomic mass is 10.1. The van der Waals surface area contributed by atoms with Crippen LogP contribution in [0.3, 0.4) is 0 Å². The average molecular weight is 428 g/mol. The lowest BCUT2D eigenvalue weighted by Crippen LogP contribution is -2.20. The van der Waals surface area contributed by atoms with E-state index in [0.717, 1.165) is 11.3 Å². The van der Waals surface area contributed by atoms with E-state index >= 15 is 0 Å². The zero-order valence-corrected chi connectivity index (χ0v) is 15.9. The quantitative estimate of drug-likeness (QED) is 0.466. The Morgan fingerprint density at radius 3 is 2.55 bits per heavy atom. The highest BCUT2D eigenvalue weighted by Crippen LogP contribution is 2.32. The fourth-order valence-electron chi connectivity index (χ4n) is 3.42. The number of ether oxygens (including phenoxy) is 2. The van der Waals surface area contributed by atoms with Gasteiger partial charge in [-0.3, -0.25) is 0 Å². The van der Waals surface area contributed by atoms with Crippen molar-refractivity contribution in [2.75, 3.05) is 0 Å². The van der Waals surface area contributed by atoms with Crippen LogP contribution in [0.4, 0.5) is 13.2 Å². The van der Waals surface area contributed by atoms with E-state index in [4.69, 9.17) is 9.26 Å². The molecule has 0 saturated heterocycles. The Kier molecular flexibility index (Phi) is 4.70. The molecule has 0 radical (unpaired) electrons. The Bertz CT molecular complexity index is 1190. The largest absolute Gasteiger partial charge is 0.573 e. The van der Waals surface area contributed by atoms with Crippen LogP contribution in [0.15, 0.2) is 65.4 Å². The molecule has 2 aromatic carbocycles. The van der Waals surface area contributed by atoms with Gasteiger partial charge in [0, 0.05) is 5.56 Å². The van der Waals surface area contributed by atoms with Crippen molar-refractivity contribution in [1.82, 2.24) is 19.7 Å². The monoisotopic (exact) mass is 428 g/mol. The van der Waals surface area contributed by atoms with Crippen molar-refractivity contribution >= 4 is 0 Å². The summed E-state index contributed by atoms with van der Waals surface area (Å²) in [7, 11) is 0. The minimum atomic E-state index is -4.75. The Morgan fingerprint density at radius 2 is 1.81 bits per heavy atom. The number of halogens is 3. The fraction of sp³-hybridized carbons (Fsp3) is 0.190. The number of hydrogen-bond acceptors (Lipinski definition) is 6. The van der Waals surface area contributed by atoms with E-state index in [1.54, 1.807) is 6.33 Å². The predicted octanol–water partition coefficient (Wildman–Crippen LogP) is 4.77. The van der Waals surface area contributed by atoms with Crippen molar-refractivity contribution in [3.05, 3.63) is 72.2 Å². The molecule has 2 aromatic heterocycles. The summed E-state index contributed by atoms with van der Waals surface area (Å²) in [5.74, 6) is 0.114. The highest BCUT2D eigenvalue weighted by Gasteiger charge is 2.31. The van der Waals surface area contributed by atoms with E-state index in [1.165, 1.54) is 24.3 Å². The molecule has 7 nitrogen and oxygen atoms in total. The molecule has 0 N–H and O–H groups in total. The van der Waals surface area contributed by atoms with Crippen molar-refractivity contribution in [3.63, 3.8) is 0 Å². The van der Waals surface area contributed by atoms with Crippen LogP contribution in [-0.4, -0.2) is 26.1 Å². The maximum Gasteiger partial charge on any atom is 0.573 e. The van der Waals surface area contributed by atoms with E-state index < -0.39 is 6.36 Å². The number of hydrogen-bond donors (Lipinski definition) is 0. The zero-order valence-electron chi connectivity index (χ0n) is 15.9. The van der Waals surface area contributed by atoms with Gasteiger partial charge in [0.2, 0.25) is 5.82 Å². The molecule has 1 atom stereocenters. The van der Waals surface area contributed by atoms with Crippen LogP contribution in [0.5, 0.6) is 5.75 Å². The highest BCUT2D eigenvalue weighted by molar-refractivity contribution is 5.59. The summed E-state index contributed by atoms with van der Waals surface area (Å²) < 4.78 is 54.1. The minimum absolute atomic E-state index is 0.0774. The average Bonchev–Trinajstić information content (AvgIpc) is 3.40. The third-order valence-electron chi connectivity index (χ3n) is 4.88. The van der Waals surface area contributed by atoms with Gasteiger partial charge in [0.25, 0.3) is 5.89 Å². The third kappa shape index (κ3) is 4.02. The molecule has 0 unspecified atom stereocenters. The Morgan fingerprint density at radius 1 is 1.03 bits per heavy atom. The maximum atomic E-state index is 12.3. The first-order valence-electron chi connectivity index (χ1n) is 9.37. The fourth-order valence-corrected chi connectivity index (χ4v) is 3.42. The van der Waals surface area contributed by atoms with Crippen molar-refractivity contribution in [2.45, 2.75) is 25.6 Å². The molecule has 5 rings (SSSR count).